The second-order valence-electron chi connectivity index (χ2n) is 5.83. The van der Waals surface area contributed by atoms with E-state index in [-0.39, 0.29) is 24.4 Å². The van der Waals surface area contributed by atoms with Crippen molar-refractivity contribution >= 4 is 18.3 Å². The van der Waals surface area contributed by atoms with Crippen molar-refractivity contribution in [3.8, 4) is 0 Å². The van der Waals surface area contributed by atoms with Gasteiger partial charge in [0.25, 0.3) is 5.91 Å². The van der Waals surface area contributed by atoms with Gasteiger partial charge in [-0.2, -0.15) is 5.10 Å². The third-order valence-corrected chi connectivity index (χ3v) is 3.87. The largest absolute Gasteiger partial charge is 0.339 e. The van der Waals surface area contributed by atoms with E-state index in [1.165, 1.54) is 5.56 Å². The SMILES string of the molecule is Cc1[nH]ncc1CNCc1ccc(C(=O)N(C)C(C)C)cc1.Cl. The summed E-state index contributed by atoms with van der Waals surface area (Å²) in [5.74, 6) is 0.0588. The molecule has 6 heteroatoms. The number of hydrogen-bond donors (Lipinski definition) is 2. The van der Waals surface area contributed by atoms with Crippen LogP contribution < -0.4 is 5.32 Å². The second-order valence-corrected chi connectivity index (χ2v) is 5.83. The molecule has 0 fully saturated rings. The van der Waals surface area contributed by atoms with E-state index in [1.54, 1.807) is 4.90 Å². The number of aromatic amines is 1. The van der Waals surface area contributed by atoms with Crippen molar-refractivity contribution in [2.75, 3.05) is 7.05 Å². The van der Waals surface area contributed by atoms with Crippen LogP contribution in [0.15, 0.2) is 30.5 Å². The Hall–Kier alpha value is -1.85. The highest BCUT2D eigenvalue weighted by Gasteiger charge is 2.13. The lowest BCUT2D eigenvalue weighted by molar-refractivity contribution is 0.0755. The van der Waals surface area contributed by atoms with Crippen molar-refractivity contribution < 1.29 is 4.79 Å². The van der Waals surface area contributed by atoms with Crippen molar-refractivity contribution in [3.05, 3.63) is 52.8 Å². The second kappa shape index (κ2) is 8.70. The Morgan fingerprint density at radius 1 is 1.26 bits per heavy atom. The van der Waals surface area contributed by atoms with E-state index in [0.29, 0.717) is 0 Å². The molecule has 2 N–H and O–H groups in total. The van der Waals surface area contributed by atoms with Crippen LogP contribution in [-0.4, -0.2) is 34.1 Å². The van der Waals surface area contributed by atoms with Gasteiger partial charge in [0.1, 0.15) is 0 Å². The summed E-state index contributed by atoms with van der Waals surface area (Å²) in [6.45, 7) is 7.57. The molecule has 0 aliphatic carbocycles. The molecule has 0 saturated heterocycles. The standard InChI is InChI=1S/C17H24N4O.ClH/c1-12(2)21(4)17(22)15-7-5-14(6-8-15)9-18-10-16-11-19-20-13(16)3;/h5-8,11-12,18H,9-10H2,1-4H3,(H,19,20);1H. The van der Waals surface area contributed by atoms with Crippen LogP contribution in [0.4, 0.5) is 0 Å². The van der Waals surface area contributed by atoms with Gasteiger partial charge in [0.2, 0.25) is 0 Å². The summed E-state index contributed by atoms with van der Waals surface area (Å²) in [5.41, 5.74) is 4.14. The van der Waals surface area contributed by atoms with E-state index in [9.17, 15) is 4.79 Å². The topological polar surface area (TPSA) is 61.0 Å². The number of carbonyl (C=O) groups is 1. The Morgan fingerprint density at radius 2 is 1.91 bits per heavy atom. The molecule has 1 aromatic carbocycles. The zero-order chi connectivity index (χ0) is 16.1. The summed E-state index contributed by atoms with van der Waals surface area (Å²) in [7, 11) is 1.83. The molecule has 2 aromatic rings. The van der Waals surface area contributed by atoms with Crippen LogP contribution in [-0.2, 0) is 13.1 Å². The van der Waals surface area contributed by atoms with E-state index >= 15 is 0 Å². The molecular formula is C17H25ClN4O. The van der Waals surface area contributed by atoms with E-state index in [1.807, 2.05) is 58.3 Å². The molecule has 126 valence electrons. The maximum atomic E-state index is 12.2. The zero-order valence-corrected chi connectivity index (χ0v) is 14.9. The minimum atomic E-state index is 0. The average Bonchev–Trinajstić information content (AvgIpc) is 2.92. The predicted octanol–water partition coefficient (Wildman–Crippen LogP) is 2.91. The van der Waals surface area contributed by atoms with Gasteiger partial charge in [-0.25, -0.2) is 0 Å². The van der Waals surface area contributed by atoms with Gasteiger partial charge >= 0.3 is 0 Å². The summed E-state index contributed by atoms with van der Waals surface area (Å²) < 4.78 is 0. The third-order valence-electron chi connectivity index (χ3n) is 3.87. The van der Waals surface area contributed by atoms with Crippen molar-refractivity contribution in [1.29, 1.82) is 0 Å². The first-order valence-electron chi connectivity index (χ1n) is 7.54. The average molecular weight is 337 g/mol. The number of aryl methyl sites for hydroxylation is 1. The maximum absolute atomic E-state index is 12.2. The zero-order valence-electron chi connectivity index (χ0n) is 14.1. The molecule has 1 amide bonds. The van der Waals surface area contributed by atoms with Crippen LogP contribution in [0, 0.1) is 6.92 Å². The van der Waals surface area contributed by atoms with Crippen molar-refractivity contribution in [3.63, 3.8) is 0 Å². The summed E-state index contributed by atoms with van der Waals surface area (Å²) >= 11 is 0. The number of H-pyrrole nitrogens is 1. The molecule has 0 saturated carbocycles. The van der Waals surface area contributed by atoms with E-state index in [2.05, 4.69) is 15.5 Å². The van der Waals surface area contributed by atoms with Crippen LogP contribution in [0.5, 0.6) is 0 Å². The molecular weight excluding hydrogens is 312 g/mol. The fourth-order valence-electron chi connectivity index (χ4n) is 2.10. The Morgan fingerprint density at radius 3 is 2.43 bits per heavy atom. The van der Waals surface area contributed by atoms with Crippen LogP contribution in [0.25, 0.3) is 0 Å². The van der Waals surface area contributed by atoms with E-state index in [0.717, 1.165) is 29.9 Å². The van der Waals surface area contributed by atoms with Crippen LogP contribution in [0.2, 0.25) is 0 Å². The highest BCUT2D eigenvalue weighted by molar-refractivity contribution is 5.94. The summed E-state index contributed by atoms with van der Waals surface area (Å²) in [6, 6.07) is 7.97. The first-order chi connectivity index (χ1) is 10.5. The minimum Gasteiger partial charge on any atom is -0.339 e. The van der Waals surface area contributed by atoms with Gasteiger partial charge < -0.3 is 10.2 Å². The number of nitrogens with zero attached hydrogens (tertiary/aromatic N) is 2. The fourth-order valence-corrected chi connectivity index (χ4v) is 2.10. The molecule has 0 aliphatic rings. The Kier molecular flexibility index (Phi) is 7.26. The molecule has 5 nitrogen and oxygen atoms in total. The first-order valence-corrected chi connectivity index (χ1v) is 7.54. The Balaban J connectivity index is 0.00000264. The van der Waals surface area contributed by atoms with Gasteiger partial charge in [0, 0.05) is 43.0 Å². The molecule has 2 rings (SSSR count). The Labute approximate surface area is 143 Å². The molecule has 0 bridgehead atoms. The fraction of sp³-hybridized carbons (Fsp3) is 0.412. The number of nitrogens with one attached hydrogen (secondary N) is 2. The highest BCUT2D eigenvalue weighted by Crippen LogP contribution is 2.09. The van der Waals surface area contributed by atoms with Crippen LogP contribution in [0.1, 0.15) is 41.0 Å². The molecule has 23 heavy (non-hydrogen) atoms. The molecule has 0 unspecified atom stereocenters. The van der Waals surface area contributed by atoms with Crippen molar-refractivity contribution in [1.82, 2.24) is 20.4 Å². The number of halogens is 1. The number of rotatable bonds is 6. The highest BCUT2D eigenvalue weighted by atomic mass is 35.5. The van der Waals surface area contributed by atoms with Gasteiger partial charge in [-0.3, -0.25) is 9.89 Å². The van der Waals surface area contributed by atoms with Gasteiger partial charge in [-0.05, 0) is 38.5 Å². The molecule has 1 aromatic heterocycles. The lowest BCUT2D eigenvalue weighted by Gasteiger charge is -2.21. The maximum Gasteiger partial charge on any atom is 0.253 e. The lowest BCUT2D eigenvalue weighted by Crippen LogP contribution is -2.32. The van der Waals surface area contributed by atoms with Gasteiger partial charge in [-0.1, -0.05) is 12.1 Å². The van der Waals surface area contributed by atoms with Crippen molar-refractivity contribution in [2.24, 2.45) is 0 Å². The normalized spacial score (nSPS) is 10.5. The molecule has 0 radical (unpaired) electrons. The summed E-state index contributed by atoms with van der Waals surface area (Å²) in [5, 5.41) is 10.3. The van der Waals surface area contributed by atoms with E-state index < -0.39 is 0 Å². The van der Waals surface area contributed by atoms with Crippen LogP contribution in [0.3, 0.4) is 0 Å². The van der Waals surface area contributed by atoms with E-state index in [4.69, 9.17) is 0 Å². The van der Waals surface area contributed by atoms with Gasteiger partial charge in [0.15, 0.2) is 0 Å². The number of amides is 1. The molecule has 1 heterocycles. The van der Waals surface area contributed by atoms with Crippen LogP contribution >= 0.6 is 12.4 Å². The summed E-state index contributed by atoms with van der Waals surface area (Å²) in [6.07, 6.45) is 1.84. The Bertz CT molecular complexity index is 622. The molecule has 0 spiro atoms. The smallest absolute Gasteiger partial charge is 0.253 e. The van der Waals surface area contributed by atoms with Gasteiger partial charge in [-0.15, -0.1) is 12.4 Å². The molecule has 0 atom stereocenters. The first kappa shape index (κ1) is 19.2. The predicted molar refractivity (Wildman–Crippen MR) is 94.8 cm³/mol. The summed E-state index contributed by atoms with van der Waals surface area (Å²) in [4.78, 5) is 13.9. The number of benzene rings is 1. The number of aromatic nitrogens is 2. The van der Waals surface area contributed by atoms with Crippen molar-refractivity contribution in [2.45, 2.75) is 39.9 Å². The quantitative estimate of drug-likeness (QED) is 0.852. The number of carbonyl (C=O) groups excluding carboxylic acids is 1. The molecule has 0 aliphatic heterocycles. The van der Waals surface area contributed by atoms with Gasteiger partial charge in [0.05, 0.1) is 6.20 Å². The monoisotopic (exact) mass is 336 g/mol. The third kappa shape index (κ3) is 5.08. The minimum absolute atomic E-state index is 0. The number of hydrogen-bond acceptors (Lipinski definition) is 3. The lowest BCUT2D eigenvalue weighted by atomic mass is 10.1.